The maximum atomic E-state index is 11.1. The van der Waals surface area contributed by atoms with Crippen molar-refractivity contribution in [3.63, 3.8) is 0 Å². The Bertz CT molecular complexity index is 145. The zero-order chi connectivity index (χ0) is 9.72. The molecule has 0 aliphatic carbocycles. The van der Waals surface area contributed by atoms with Crippen molar-refractivity contribution in [1.82, 2.24) is 0 Å². The first-order chi connectivity index (χ1) is 5.49. The summed E-state index contributed by atoms with van der Waals surface area (Å²) in [4.78, 5) is 11.1. The number of hydrogen-bond donors (Lipinski definition) is 0. The van der Waals surface area contributed by atoms with Gasteiger partial charge in [-0.15, -0.1) is 11.6 Å². The van der Waals surface area contributed by atoms with Crippen molar-refractivity contribution >= 4 is 17.6 Å². The third kappa shape index (κ3) is 3.96. The summed E-state index contributed by atoms with van der Waals surface area (Å²) < 4.78 is 4.63. The minimum Gasteiger partial charge on any atom is -0.469 e. The number of carbonyl (C=O) groups excluding carboxylic acids is 1. The van der Waals surface area contributed by atoms with E-state index in [-0.39, 0.29) is 23.2 Å². The molecule has 2 nitrogen and oxygen atoms in total. The number of alkyl halides is 1. The molecule has 3 unspecified atom stereocenters. The highest BCUT2D eigenvalue weighted by molar-refractivity contribution is 6.20. The van der Waals surface area contributed by atoms with Crippen LogP contribution in [0.25, 0.3) is 0 Å². The second kappa shape index (κ2) is 5.41. The van der Waals surface area contributed by atoms with Crippen LogP contribution in [0.4, 0.5) is 0 Å². The highest BCUT2D eigenvalue weighted by Gasteiger charge is 2.21. The van der Waals surface area contributed by atoms with Gasteiger partial charge in [0, 0.05) is 5.38 Å². The van der Waals surface area contributed by atoms with E-state index in [2.05, 4.69) is 4.74 Å². The smallest absolute Gasteiger partial charge is 0.308 e. The molecule has 3 heteroatoms. The van der Waals surface area contributed by atoms with Crippen molar-refractivity contribution in [2.45, 2.75) is 32.6 Å². The fraction of sp³-hybridized carbons (Fsp3) is 0.889. The van der Waals surface area contributed by atoms with Gasteiger partial charge in [0.15, 0.2) is 0 Å². The van der Waals surface area contributed by atoms with Gasteiger partial charge in [-0.3, -0.25) is 4.79 Å². The van der Waals surface area contributed by atoms with E-state index >= 15 is 0 Å². The summed E-state index contributed by atoms with van der Waals surface area (Å²) >= 11 is 5.81. The Labute approximate surface area is 79.2 Å². The first-order valence-corrected chi connectivity index (χ1v) is 4.64. The minimum atomic E-state index is -0.153. The summed E-state index contributed by atoms with van der Waals surface area (Å²) in [5.41, 5.74) is 0. The molecule has 0 aromatic rings. The molecule has 0 spiro atoms. The molecule has 0 aromatic heterocycles. The molecule has 0 rings (SSSR count). The van der Waals surface area contributed by atoms with Gasteiger partial charge in [-0.1, -0.05) is 13.8 Å². The number of esters is 1. The van der Waals surface area contributed by atoms with Crippen LogP contribution in [0.5, 0.6) is 0 Å². The number of rotatable bonds is 4. The molecule has 0 N–H and O–H groups in total. The van der Waals surface area contributed by atoms with Gasteiger partial charge in [-0.2, -0.15) is 0 Å². The lowest BCUT2D eigenvalue weighted by Gasteiger charge is -2.18. The SMILES string of the molecule is COC(=O)C(C)C(C)CC(C)Cl. The molecule has 0 aliphatic rings. The molecule has 0 aromatic carbocycles. The van der Waals surface area contributed by atoms with E-state index in [0.717, 1.165) is 6.42 Å². The van der Waals surface area contributed by atoms with E-state index in [0.29, 0.717) is 0 Å². The summed E-state index contributed by atoms with van der Waals surface area (Å²) in [6, 6.07) is 0. The Morgan fingerprint density at radius 1 is 1.42 bits per heavy atom. The van der Waals surface area contributed by atoms with Crippen molar-refractivity contribution in [2.24, 2.45) is 11.8 Å². The van der Waals surface area contributed by atoms with E-state index in [1.807, 2.05) is 20.8 Å². The maximum Gasteiger partial charge on any atom is 0.308 e. The molecule has 3 atom stereocenters. The quantitative estimate of drug-likeness (QED) is 0.505. The lowest BCUT2D eigenvalue weighted by molar-refractivity contribution is -0.146. The zero-order valence-electron chi connectivity index (χ0n) is 8.13. The van der Waals surface area contributed by atoms with Crippen LogP contribution in [0, 0.1) is 11.8 Å². The van der Waals surface area contributed by atoms with E-state index in [4.69, 9.17) is 11.6 Å². The molecule has 0 saturated carbocycles. The maximum absolute atomic E-state index is 11.1. The first-order valence-electron chi connectivity index (χ1n) is 4.21. The second-order valence-corrected chi connectivity index (χ2v) is 4.05. The molecule has 0 aliphatic heterocycles. The number of carbonyl (C=O) groups is 1. The average Bonchev–Trinajstić information content (AvgIpc) is 2.00. The summed E-state index contributed by atoms with van der Waals surface area (Å²) in [6.07, 6.45) is 0.845. The standard InChI is InChI=1S/C9H17ClO2/c1-6(5-7(2)10)8(3)9(11)12-4/h6-8H,5H2,1-4H3. The topological polar surface area (TPSA) is 26.3 Å². The largest absolute Gasteiger partial charge is 0.469 e. The molecule has 0 amide bonds. The van der Waals surface area contributed by atoms with Crippen LogP contribution in [-0.4, -0.2) is 18.5 Å². The van der Waals surface area contributed by atoms with E-state index in [1.165, 1.54) is 7.11 Å². The third-order valence-corrected chi connectivity index (χ3v) is 2.30. The predicted molar refractivity (Wildman–Crippen MR) is 50.3 cm³/mol. The summed E-state index contributed by atoms with van der Waals surface area (Å²) in [7, 11) is 1.41. The second-order valence-electron chi connectivity index (χ2n) is 3.31. The lowest BCUT2D eigenvalue weighted by Crippen LogP contribution is -2.21. The van der Waals surface area contributed by atoms with E-state index in [1.54, 1.807) is 0 Å². The van der Waals surface area contributed by atoms with Crippen LogP contribution in [0.15, 0.2) is 0 Å². The third-order valence-electron chi connectivity index (χ3n) is 2.12. The van der Waals surface area contributed by atoms with E-state index < -0.39 is 0 Å². The van der Waals surface area contributed by atoms with Gasteiger partial charge in [0.2, 0.25) is 0 Å². The molecule has 0 radical (unpaired) electrons. The van der Waals surface area contributed by atoms with Gasteiger partial charge in [-0.25, -0.2) is 0 Å². The Balaban J connectivity index is 3.91. The number of ether oxygens (including phenoxy) is 1. The monoisotopic (exact) mass is 192 g/mol. The van der Waals surface area contributed by atoms with E-state index in [9.17, 15) is 4.79 Å². The molecular formula is C9H17ClO2. The Morgan fingerprint density at radius 3 is 2.25 bits per heavy atom. The number of hydrogen-bond acceptors (Lipinski definition) is 2. The summed E-state index contributed by atoms with van der Waals surface area (Å²) in [6.45, 7) is 5.82. The molecule has 0 bridgehead atoms. The number of halogens is 1. The molecular weight excluding hydrogens is 176 g/mol. The van der Waals surface area contributed by atoms with Crippen molar-refractivity contribution in [3.05, 3.63) is 0 Å². The van der Waals surface area contributed by atoms with Crippen LogP contribution >= 0.6 is 11.6 Å². The van der Waals surface area contributed by atoms with Crippen LogP contribution in [0.1, 0.15) is 27.2 Å². The van der Waals surface area contributed by atoms with Crippen LogP contribution < -0.4 is 0 Å². The van der Waals surface area contributed by atoms with Crippen LogP contribution in [0.2, 0.25) is 0 Å². The Morgan fingerprint density at radius 2 is 1.92 bits per heavy atom. The first kappa shape index (κ1) is 11.8. The van der Waals surface area contributed by atoms with Crippen molar-refractivity contribution in [3.8, 4) is 0 Å². The molecule has 72 valence electrons. The van der Waals surface area contributed by atoms with Crippen molar-refractivity contribution < 1.29 is 9.53 Å². The average molecular weight is 193 g/mol. The summed E-state index contributed by atoms with van der Waals surface area (Å²) in [5, 5.41) is 0.118. The molecule has 0 heterocycles. The number of methoxy groups -OCH3 is 1. The van der Waals surface area contributed by atoms with Crippen LogP contribution in [0.3, 0.4) is 0 Å². The molecule has 0 saturated heterocycles. The van der Waals surface area contributed by atoms with Gasteiger partial charge in [0.25, 0.3) is 0 Å². The zero-order valence-corrected chi connectivity index (χ0v) is 8.89. The van der Waals surface area contributed by atoms with Gasteiger partial charge < -0.3 is 4.74 Å². The van der Waals surface area contributed by atoms with Crippen LogP contribution in [-0.2, 0) is 9.53 Å². The van der Waals surface area contributed by atoms with Gasteiger partial charge >= 0.3 is 5.97 Å². The highest BCUT2D eigenvalue weighted by Crippen LogP contribution is 2.20. The Kier molecular flexibility index (Phi) is 5.31. The lowest BCUT2D eigenvalue weighted by atomic mass is 9.92. The predicted octanol–water partition coefficient (Wildman–Crippen LogP) is 2.45. The molecule has 12 heavy (non-hydrogen) atoms. The fourth-order valence-electron chi connectivity index (χ4n) is 1.13. The normalized spacial score (nSPS) is 18.1. The highest BCUT2D eigenvalue weighted by atomic mass is 35.5. The van der Waals surface area contributed by atoms with Crippen molar-refractivity contribution in [1.29, 1.82) is 0 Å². The summed E-state index contributed by atoms with van der Waals surface area (Å²) in [5.74, 6) is 0.0703. The minimum absolute atomic E-state index is 0.0591. The van der Waals surface area contributed by atoms with Crippen molar-refractivity contribution in [2.75, 3.05) is 7.11 Å². The molecule has 0 fully saturated rings. The fourth-order valence-corrected chi connectivity index (χ4v) is 1.42. The van der Waals surface area contributed by atoms with Gasteiger partial charge in [-0.05, 0) is 19.3 Å². The Hall–Kier alpha value is -0.240. The van der Waals surface area contributed by atoms with Gasteiger partial charge in [0.1, 0.15) is 0 Å². The van der Waals surface area contributed by atoms with Gasteiger partial charge in [0.05, 0.1) is 13.0 Å².